The zero-order valence-electron chi connectivity index (χ0n) is 14.5. The normalized spacial score (nSPS) is 13.8. The van der Waals surface area contributed by atoms with Crippen molar-refractivity contribution in [2.45, 2.75) is 50.6 Å². The maximum atomic E-state index is 12.0. The van der Waals surface area contributed by atoms with Gasteiger partial charge in [-0.25, -0.2) is 4.98 Å². The van der Waals surface area contributed by atoms with Crippen LogP contribution in [0.3, 0.4) is 0 Å². The van der Waals surface area contributed by atoms with Gasteiger partial charge in [0.25, 0.3) is 5.56 Å². The Morgan fingerprint density at radius 3 is 2.67 bits per heavy atom. The Bertz CT molecular complexity index is 760. The monoisotopic (exact) mass is 344 g/mol. The second kappa shape index (κ2) is 7.01. The maximum Gasteiger partial charge on any atom is 0.254 e. The van der Waals surface area contributed by atoms with Crippen LogP contribution in [-0.2, 0) is 18.3 Å². The lowest BCUT2D eigenvalue weighted by molar-refractivity contribution is 0.343. The summed E-state index contributed by atoms with van der Waals surface area (Å²) in [6.07, 6.45) is 2.81. The number of nitrogens with one attached hydrogen (secondary N) is 1. The Hall–Kier alpha value is -1.75. The van der Waals surface area contributed by atoms with Crippen LogP contribution in [-0.4, -0.2) is 22.3 Å². The molecule has 5 heteroatoms. The summed E-state index contributed by atoms with van der Waals surface area (Å²) >= 11 is 1.54. The van der Waals surface area contributed by atoms with Gasteiger partial charge in [0.15, 0.2) is 5.16 Å². The first-order valence-corrected chi connectivity index (χ1v) is 9.40. The topological polar surface area (TPSA) is 55.0 Å². The summed E-state index contributed by atoms with van der Waals surface area (Å²) in [6.45, 7) is 7.18. The Morgan fingerprint density at radius 1 is 1.21 bits per heavy atom. The van der Waals surface area contributed by atoms with Crippen LogP contribution in [0.4, 0.5) is 0 Å². The van der Waals surface area contributed by atoms with Gasteiger partial charge in [0.2, 0.25) is 0 Å². The number of thioether (sulfide) groups is 1. The van der Waals surface area contributed by atoms with Gasteiger partial charge >= 0.3 is 0 Å². The van der Waals surface area contributed by atoms with Crippen molar-refractivity contribution < 1.29 is 4.74 Å². The van der Waals surface area contributed by atoms with E-state index in [0.29, 0.717) is 11.8 Å². The molecule has 4 nitrogen and oxygen atoms in total. The molecule has 1 N–H and O–H groups in total. The van der Waals surface area contributed by atoms with Gasteiger partial charge < -0.3 is 9.72 Å². The van der Waals surface area contributed by atoms with Gasteiger partial charge in [-0.1, -0.05) is 44.7 Å². The first-order chi connectivity index (χ1) is 11.4. The zero-order chi connectivity index (χ0) is 17.2. The fourth-order valence-electron chi connectivity index (χ4n) is 2.84. The number of hydrogen-bond acceptors (Lipinski definition) is 4. The predicted molar refractivity (Wildman–Crippen MR) is 98.2 cm³/mol. The highest BCUT2D eigenvalue weighted by molar-refractivity contribution is 7.99. The van der Waals surface area contributed by atoms with Crippen molar-refractivity contribution >= 4 is 11.8 Å². The standard InChI is InChI=1S/C19H24N2O2S/c1-19(2,3)13-7-9-14(10-8-13)23-11-12-24-18-20-16-6-4-5-15(16)17(22)21-18/h7-10H,4-6,11-12H2,1-3H3,(H,20,21,22). The molecule has 0 amide bonds. The molecule has 128 valence electrons. The molecule has 0 bridgehead atoms. The molecule has 1 aromatic heterocycles. The van der Waals surface area contributed by atoms with E-state index >= 15 is 0 Å². The molecule has 0 unspecified atom stereocenters. The van der Waals surface area contributed by atoms with Crippen molar-refractivity contribution in [1.82, 2.24) is 9.97 Å². The lowest BCUT2D eigenvalue weighted by Gasteiger charge is -2.19. The molecule has 0 fully saturated rings. The minimum absolute atomic E-state index is 0.0266. The summed E-state index contributed by atoms with van der Waals surface area (Å²) < 4.78 is 5.78. The van der Waals surface area contributed by atoms with Crippen molar-refractivity contribution in [3.05, 3.63) is 51.4 Å². The van der Waals surface area contributed by atoms with Crippen molar-refractivity contribution in [2.24, 2.45) is 0 Å². The average molecular weight is 344 g/mol. The van der Waals surface area contributed by atoms with Gasteiger partial charge in [0, 0.05) is 11.3 Å². The zero-order valence-corrected chi connectivity index (χ0v) is 15.3. The lowest BCUT2D eigenvalue weighted by Crippen LogP contribution is -2.15. The fraction of sp³-hybridized carbons (Fsp3) is 0.474. The van der Waals surface area contributed by atoms with Crippen LogP contribution in [0.25, 0.3) is 0 Å². The first-order valence-electron chi connectivity index (χ1n) is 8.42. The third-order valence-corrected chi connectivity index (χ3v) is 5.07. The average Bonchev–Trinajstić information content (AvgIpc) is 3.00. The van der Waals surface area contributed by atoms with Gasteiger partial charge in [0.1, 0.15) is 5.75 Å². The maximum absolute atomic E-state index is 12.0. The summed E-state index contributed by atoms with van der Waals surface area (Å²) in [4.78, 5) is 19.4. The van der Waals surface area contributed by atoms with E-state index in [2.05, 4.69) is 42.9 Å². The number of ether oxygens (including phenoxy) is 1. The minimum atomic E-state index is 0.0266. The quantitative estimate of drug-likeness (QED) is 0.510. The minimum Gasteiger partial charge on any atom is -0.493 e. The number of fused-ring (bicyclic) bond motifs is 1. The summed E-state index contributed by atoms with van der Waals surface area (Å²) in [5, 5.41) is 0.701. The number of aromatic amines is 1. The molecule has 0 saturated heterocycles. The number of aromatic nitrogens is 2. The first kappa shape index (κ1) is 17.1. The molecule has 1 aliphatic carbocycles. The highest BCUT2D eigenvalue weighted by Crippen LogP contribution is 2.24. The second-order valence-electron chi connectivity index (χ2n) is 7.12. The van der Waals surface area contributed by atoms with E-state index in [1.54, 1.807) is 0 Å². The van der Waals surface area contributed by atoms with Gasteiger partial charge in [0.05, 0.1) is 12.3 Å². The smallest absolute Gasteiger partial charge is 0.254 e. The van der Waals surface area contributed by atoms with Crippen LogP contribution < -0.4 is 10.3 Å². The molecule has 0 atom stereocenters. The molecule has 1 aromatic carbocycles. The molecule has 3 rings (SSSR count). The molecule has 0 spiro atoms. The number of benzene rings is 1. The van der Waals surface area contributed by atoms with E-state index in [1.165, 1.54) is 17.3 Å². The number of H-pyrrole nitrogens is 1. The fourth-order valence-corrected chi connectivity index (χ4v) is 3.54. The molecule has 1 heterocycles. The Kier molecular flexibility index (Phi) is 4.99. The number of aryl methyl sites for hydroxylation is 1. The van der Waals surface area contributed by atoms with Gasteiger partial charge in [-0.15, -0.1) is 0 Å². The predicted octanol–water partition coefficient (Wildman–Crippen LogP) is 3.73. The van der Waals surface area contributed by atoms with Crippen molar-refractivity contribution in [3.8, 4) is 5.75 Å². The van der Waals surface area contributed by atoms with E-state index in [1.807, 2.05) is 12.1 Å². The second-order valence-corrected chi connectivity index (χ2v) is 8.20. The van der Waals surface area contributed by atoms with Crippen LogP contribution >= 0.6 is 11.8 Å². The van der Waals surface area contributed by atoms with Gasteiger partial charge in [-0.05, 0) is 42.4 Å². The third-order valence-electron chi connectivity index (χ3n) is 4.23. The number of rotatable bonds is 5. The van der Waals surface area contributed by atoms with E-state index < -0.39 is 0 Å². The summed E-state index contributed by atoms with van der Waals surface area (Å²) in [5.41, 5.74) is 3.32. The van der Waals surface area contributed by atoms with E-state index in [0.717, 1.165) is 42.0 Å². The highest BCUT2D eigenvalue weighted by Gasteiger charge is 2.17. The Labute approximate surface area is 147 Å². The van der Waals surface area contributed by atoms with E-state index in [9.17, 15) is 4.79 Å². The Morgan fingerprint density at radius 2 is 1.96 bits per heavy atom. The lowest BCUT2D eigenvalue weighted by atomic mass is 9.87. The highest BCUT2D eigenvalue weighted by atomic mass is 32.2. The molecule has 0 radical (unpaired) electrons. The van der Waals surface area contributed by atoms with Crippen LogP contribution in [0.1, 0.15) is 44.0 Å². The summed E-state index contributed by atoms with van der Waals surface area (Å²) in [7, 11) is 0. The largest absolute Gasteiger partial charge is 0.493 e. The number of nitrogens with zero attached hydrogens (tertiary/aromatic N) is 1. The molecule has 1 aliphatic rings. The van der Waals surface area contributed by atoms with Crippen LogP contribution in [0.5, 0.6) is 5.75 Å². The van der Waals surface area contributed by atoms with Crippen molar-refractivity contribution in [1.29, 1.82) is 0 Å². The Balaban J connectivity index is 1.51. The van der Waals surface area contributed by atoms with E-state index in [-0.39, 0.29) is 11.0 Å². The number of hydrogen-bond donors (Lipinski definition) is 1. The summed E-state index contributed by atoms with van der Waals surface area (Å²) in [6, 6.07) is 8.26. The molecular weight excluding hydrogens is 320 g/mol. The SMILES string of the molecule is CC(C)(C)c1ccc(OCCSc2nc3c(c(=O)[nH]2)CCC3)cc1. The van der Waals surface area contributed by atoms with Gasteiger partial charge in [-0.3, -0.25) is 4.79 Å². The molecule has 0 saturated carbocycles. The molecule has 24 heavy (non-hydrogen) atoms. The van der Waals surface area contributed by atoms with Crippen LogP contribution in [0, 0.1) is 0 Å². The molecular formula is C19H24N2O2S. The molecule has 0 aliphatic heterocycles. The molecule has 2 aromatic rings. The van der Waals surface area contributed by atoms with E-state index in [4.69, 9.17) is 4.74 Å². The van der Waals surface area contributed by atoms with Crippen LogP contribution in [0.15, 0.2) is 34.2 Å². The van der Waals surface area contributed by atoms with Gasteiger partial charge in [-0.2, -0.15) is 0 Å². The van der Waals surface area contributed by atoms with Crippen molar-refractivity contribution in [2.75, 3.05) is 12.4 Å². The summed E-state index contributed by atoms with van der Waals surface area (Å²) in [5.74, 6) is 1.63. The third kappa shape index (κ3) is 4.01. The van der Waals surface area contributed by atoms with Crippen LogP contribution in [0.2, 0.25) is 0 Å². The van der Waals surface area contributed by atoms with Crippen molar-refractivity contribution in [3.63, 3.8) is 0 Å².